The Labute approximate surface area is 114 Å². The second-order valence-corrected chi connectivity index (χ2v) is 5.09. The number of benzene rings is 1. The van der Waals surface area contributed by atoms with Gasteiger partial charge in [0.25, 0.3) is 5.91 Å². The standard InChI is InChI=1S/C13H14BrN3O/c1-8-4-5-10(11(14)6-8)13(18)15-12-7-17(3)16-9(12)2/h4-7H,1-3H3,(H,15,18). The summed E-state index contributed by atoms with van der Waals surface area (Å²) in [6, 6.07) is 5.64. The molecule has 2 aromatic rings. The fraction of sp³-hybridized carbons (Fsp3) is 0.231. The lowest BCUT2D eigenvalue weighted by Gasteiger charge is -2.06. The van der Waals surface area contributed by atoms with Crippen LogP contribution in [-0.2, 0) is 7.05 Å². The molecule has 0 aliphatic heterocycles. The maximum absolute atomic E-state index is 12.1. The highest BCUT2D eigenvalue weighted by atomic mass is 79.9. The van der Waals surface area contributed by atoms with E-state index in [1.807, 2.05) is 33.0 Å². The molecule has 2 rings (SSSR count). The number of aryl methyl sites for hydroxylation is 3. The van der Waals surface area contributed by atoms with Gasteiger partial charge >= 0.3 is 0 Å². The average molecular weight is 308 g/mol. The number of anilines is 1. The highest BCUT2D eigenvalue weighted by molar-refractivity contribution is 9.10. The number of halogens is 1. The minimum absolute atomic E-state index is 0.141. The maximum Gasteiger partial charge on any atom is 0.256 e. The molecule has 0 aliphatic carbocycles. The van der Waals surface area contributed by atoms with Crippen LogP contribution in [0.2, 0.25) is 0 Å². The zero-order valence-electron chi connectivity index (χ0n) is 10.5. The molecule has 1 amide bonds. The molecule has 0 fully saturated rings. The third-order valence-electron chi connectivity index (χ3n) is 2.63. The van der Waals surface area contributed by atoms with Gasteiger partial charge in [0.1, 0.15) is 0 Å². The van der Waals surface area contributed by atoms with Gasteiger partial charge in [-0.2, -0.15) is 5.10 Å². The fourth-order valence-corrected chi connectivity index (χ4v) is 2.39. The number of aromatic nitrogens is 2. The van der Waals surface area contributed by atoms with Crippen LogP contribution in [0.25, 0.3) is 0 Å². The van der Waals surface area contributed by atoms with Crippen molar-refractivity contribution in [1.82, 2.24) is 9.78 Å². The molecule has 1 heterocycles. The van der Waals surface area contributed by atoms with E-state index in [4.69, 9.17) is 0 Å². The second-order valence-electron chi connectivity index (χ2n) is 4.24. The molecular weight excluding hydrogens is 294 g/mol. The zero-order valence-corrected chi connectivity index (χ0v) is 12.1. The molecule has 4 nitrogen and oxygen atoms in total. The van der Waals surface area contributed by atoms with E-state index in [2.05, 4.69) is 26.3 Å². The van der Waals surface area contributed by atoms with E-state index in [1.165, 1.54) is 0 Å². The topological polar surface area (TPSA) is 46.9 Å². The Morgan fingerprint density at radius 2 is 2.11 bits per heavy atom. The van der Waals surface area contributed by atoms with Gasteiger partial charge in [-0.3, -0.25) is 9.48 Å². The Kier molecular flexibility index (Phi) is 3.52. The monoisotopic (exact) mass is 307 g/mol. The van der Waals surface area contributed by atoms with E-state index >= 15 is 0 Å². The van der Waals surface area contributed by atoms with Crippen LogP contribution in [0.4, 0.5) is 5.69 Å². The number of hydrogen-bond donors (Lipinski definition) is 1. The third-order valence-corrected chi connectivity index (χ3v) is 3.29. The van der Waals surface area contributed by atoms with Crippen molar-refractivity contribution in [1.29, 1.82) is 0 Å². The predicted octanol–water partition coefficient (Wildman–Crippen LogP) is 3.05. The molecule has 0 aliphatic rings. The first kappa shape index (κ1) is 12.8. The summed E-state index contributed by atoms with van der Waals surface area (Å²) in [6.07, 6.45) is 1.79. The minimum atomic E-state index is -0.141. The minimum Gasteiger partial charge on any atom is -0.319 e. The second kappa shape index (κ2) is 4.94. The summed E-state index contributed by atoms with van der Waals surface area (Å²) < 4.78 is 2.47. The number of carbonyl (C=O) groups is 1. The van der Waals surface area contributed by atoms with E-state index < -0.39 is 0 Å². The highest BCUT2D eigenvalue weighted by Gasteiger charge is 2.12. The van der Waals surface area contributed by atoms with Crippen molar-refractivity contribution in [2.24, 2.45) is 7.05 Å². The number of nitrogens with zero attached hydrogens (tertiary/aromatic N) is 2. The molecule has 1 aromatic carbocycles. The van der Waals surface area contributed by atoms with Crippen molar-refractivity contribution in [2.75, 3.05) is 5.32 Å². The molecule has 0 radical (unpaired) electrons. The molecular formula is C13H14BrN3O. The van der Waals surface area contributed by atoms with Gasteiger partial charge in [0.2, 0.25) is 0 Å². The van der Waals surface area contributed by atoms with Crippen molar-refractivity contribution in [3.05, 3.63) is 45.7 Å². The van der Waals surface area contributed by atoms with Crippen molar-refractivity contribution < 1.29 is 4.79 Å². The van der Waals surface area contributed by atoms with E-state index in [0.717, 1.165) is 21.4 Å². The molecule has 0 atom stereocenters. The Hall–Kier alpha value is -1.62. The number of amides is 1. The molecule has 18 heavy (non-hydrogen) atoms. The summed E-state index contributed by atoms with van der Waals surface area (Å²) in [7, 11) is 1.82. The maximum atomic E-state index is 12.1. The quantitative estimate of drug-likeness (QED) is 0.927. The Bertz CT molecular complexity index is 604. The fourth-order valence-electron chi connectivity index (χ4n) is 1.72. The third kappa shape index (κ3) is 2.61. The SMILES string of the molecule is Cc1ccc(C(=O)Nc2cn(C)nc2C)c(Br)c1. The van der Waals surface area contributed by atoms with Crippen LogP contribution in [0.5, 0.6) is 0 Å². The highest BCUT2D eigenvalue weighted by Crippen LogP contribution is 2.20. The summed E-state index contributed by atoms with van der Waals surface area (Å²) in [6.45, 7) is 3.84. The van der Waals surface area contributed by atoms with E-state index in [9.17, 15) is 4.79 Å². The summed E-state index contributed by atoms with van der Waals surface area (Å²) in [5.74, 6) is -0.141. The first-order valence-electron chi connectivity index (χ1n) is 5.55. The van der Waals surface area contributed by atoms with Crippen molar-refractivity contribution >= 4 is 27.5 Å². The number of nitrogens with one attached hydrogen (secondary N) is 1. The predicted molar refractivity (Wildman–Crippen MR) is 74.8 cm³/mol. The normalized spacial score (nSPS) is 10.4. The van der Waals surface area contributed by atoms with Crippen LogP contribution in [0, 0.1) is 13.8 Å². The molecule has 1 aromatic heterocycles. The van der Waals surface area contributed by atoms with Gasteiger partial charge in [-0.1, -0.05) is 6.07 Å². The van der Waals surface area contributed by atoms with Crippen molar-refractivity contribution in [3.63, 3.8) is 0 Å². The van der Waals surface area contributed by atoms with Crippen molar-refractivity contribution in [2.45, 2.75) is 13.8 Å². The van der Waals surface area contributed by atoms with Crippen LogP contribution in [0.1, 0.15) is 21.6 Å². The van der Waals surface area contributed by atoms with E-state index in [-0.39, 0.29) is 5.91 Å². The van der Waals surface area contributed by atoms with Crippen LogP contribution >= 0.6 is 15.9 Å². The average Bonchev–Trinajstić information content (AvgIpc) is 2.57. The van der Waals surface area contributed by atoms with Crippen LogP contribution in [-0.4, -0.2) is 15.7 Å². The smallest absolute Gasteiger partial charge is 0.256 e. The first-order valence-corrected chi connectivity index (χ1v) is 6.34. The summed E-state index contributed by atoms with van der Waals surface area (Å²) >= 11 is 3.40. The van der Waals surface area contributed by atoms with Gasteiger partial charge in [-0.15, -0.1) is 0 Å². The van der Waals surface area contributed by atoms with E-state index in [0.29, 0.717) is 5.56 Å². The molecule has 0 bridgehead atoms. The summed E-state index contributed by atoms with van der Waals surface area (Å²) in [5.41, 5.74) is 3.25. The first-order chi connectivity index (χ1) is 8.47. The number of carbonyl (C=O) groups excluding carboxylic acids is 1. The Balaban J connectivity index is 2.24. The van der Waals surface area contributed by atoms with Gasteiger partial charge in [0.05, 0.1) is 16.9 Å². The van der Waals surface area contributed by atoms with Crippen LogP contribution in [0.3, 0.4) is 0 Å². The van der Waals surface area contributed by atoms with Gasteiger partial charge in [-0.05, 0) is 47.5 Å². The van der Waals surface area contributed by atoms with Gasteiger partial charge in [0, 0.05) is 17.7 Å². The molecule has 0 spiro atoms. The van der Waals surface area contributed by atoms with Crippen LogP contribution < -0.4 is 5.32 Å². The summed E-state index contributed by atoms with van der Waals surface area (Å²) in [4.78, 5) is 12.1. The molecule has 0 saturated heterocycles. The largest absolute Gasteiger partial charge is 0.319 e. The van der Waals surface area contributed by atoms with Gasteiger partial charge in [0.15, 0.2) is 0 Å². The number of hydrogen-bond acceptors (Lipinski definition) is 2. The molecule has 5 heteroatoms. The molecule has 0 saturated carbocycles. The molecule has 1 N–H and O–H groups in total. The lowest BCUT2D eigenvalue weighted by atomic mass is 10.1. The lowest BCUT2D eigenvalue weighted by molar-refractivity contribution is 0.102. The van der Waals surface area contributed by atoms with Gasteiger partial charge in [-0.25, -0.2) is 0 Å². The van der Waals surface area contributed by atoms with E-state index in [1.54, 1.807) is 16.9 Å². The van der Waals surface area contributed by atoms with Crippen LogP contribution in [0.15, 0.2) is 28.9 Å². The molecule has 94 valence electrons. The van der Waals surface area contributed by atoms with Crippen molar-refractivity contribution in [3.8, 4) is 0 Å². The summed E-state index contributed by atoms with van der Waals surface area (Å²) in [5, 5.41) is 7.04. The lowest BCUT2D eigenvalue weighted by Crippen LogP contribution is -2.12. The molecule has 0 unspecified atom stereocenters. The van der Waals surface area contributed by atoms with Gasteiger partial charge < -0.3 is 5.32 Å². The number of rotatable bonds is 2. The Morgan fingerprint density at radius 3 is 2.67 bits per heavy atom. The Morgan fingerprint density at radius 1 is 1.39 bits per heavy atom. The zero-order chi connectivity index (χ0) is 13.3.